The van der Waals surface area contributed by atoms with Crippen LogP contribution in [0.4, 0.5) is 0 Å². The van der Waals surface area contributed by atoms with Crippen LogP contribution in [0, 0.1) is 0 Å². The molecule has 142 valence electrons. The van der Waals surface area contributed by atoms with Crippen molar-refractivity contribution >= 4 is 17.3 Å². The lowest BCUT2D eigenvalue weighted by atomic mass is 9.92. The maximum Gasteiger partial charge on any atom is 0.194 e. The third-order valence-electron chi connectivity index (χ3n) is 4.70. The number of hydrogen-bond acceptors (Lipinski definition) is 5. The number of aromatic nitrogens is 1. The summed E-state index contributed by atoms with van der Waals surface area (Å²) in [5.41, 5.74) is 1.06. The number of nitrogens with zero attached hydrogens (tertiary/aromatic N) is 4. The van der Waals surface area contributed by atoms with Crippen LogP contribution in [0.15, 0.2) is 39.4 Å². The fourth-order valence-corrected chi connectivity index (χ4v) is 3.95. The van der Waals surface area contributed by atoms with Gasteiger partial charge >= 0.3 is 0 Å². The van der Waals surface area contributed by atoms with E-state index in [1.807, 2.05) is 17.4 Å². The third kappa shape index (κ3) is 4.86. The van der Waals surface area contributed by atoms with Gasteiger partial charge in [-0.25, -0.2) is 0 Å². The highest BCUT2D eigenvalue weighted by Gasteiger charge is 2.24. The summed E-state index contributed by atoms with van der Waals surface area (Å²) in [6.45, 7) is 13.1. The average molecular weight is 376 g/mol. The van der Waals surface area contributed by atoms with E-state index in [4.69, 9.17) is 9.52 Å². The Balaban J connectivity index is 1.58. The number of hydrogen-bond donors (Lipinski definition) is 1. The van der Waals surface area contributed by atoms with Gasteiger partial charge in [0.1, 0.15) is 6.26 Å². The Labute approximate surface area is 159 Å². The summed E-state index contributed by atoms with van der Waals surface area (Å²) in [4.78, 5) is 11.1. The molecule has 0 radical (unpaired) electrons. The summed E-state index contributed by atoms with van der Waals surface area (Å²) in [7, 11) is 0. The number of nitrogens with one attached hydrogen (secondary N) is 1. The third-order valence-corrected chi connectivity index (χ3v) is 5.93. The molecule has 0 spiro atoms. The molecule has 7 heteroatoms. The van der Waals surface area contributed by atoms with Crippen molar-refractivity contribution in [1.82, 2.24) is 20.3 Å². The number of thiophene rings is 1. The van der Waals surface area contributed by atoms with Gasteiger partial charge in [-0.15, -0.1) is 11.3 Å². The molecule has 2 aromatic heterocycles. The van der Waals surface area contributed by atoms with Crippen LogP contribution < -0.4 is 5.32 Å². The molecule has 2 aromatic rings. The largest absolute Gasteiger partial charge is 0.364 e. The van der Waals surface area contributed by atoms with Gasteiger partial charge in [-0.1, -0.05) is 25.1 Å². The molecular formula is C19H29N5OS. The van der Waals surface area contributed by atoms with E-state index in [0.29, 0.717) is 0 Å². The van der Waals surface area contributed by atoms with Crippen molar-refractivity contribution in [2.45, 2.75) is 32.7 Å². The van der Waals surface area contributed by atoms with Crippen molar-refractivity contribution in [3.63, 3.8) is 0 Å². The van der Waals surface area contributed by atoms with Crippen LogP contribution in [-0.2, 0) is 12.0 Å². The van der Waals surface area contributed by atoms with Gasteiger partial charge in [-0.2, -0.15) is 0 Å². The van der Waals surface area contributed by atoms with Crippen LogP contribution in [0.3, 0.4) is 0 Å². The maximum atomic E-state index is 4.96. The zero-order valence-electron chi connectivity index (χ0n) is 15.9. The van der Waals surface area contributed by atoms with Crippen LogP contribution in [0.25, 0.3) is 0 Å². The first-order valence-corrected chi connectivity index (χ1v) is 10.2. The van der Waals surface area contributed by atoms with E-state index < -0.39 is 0 Å². The molecule has 0 bridgehead atoms. The summed E-state index contributed by atoms with van der Waals surface area (Å²) < 4.78 is 4.93. The van der Waals surface area contributed by atoms with E-state index in [1.165, 1.54) is 4.88 Å². The van der Waals surface area contributed by atoms with Crippen molar-refractivity contribution in [3.05, 3.63) is 40.4 Å². The number of piperazine rings is 1. The number of aliphatic imine (C=N–C) groups is 1. The predicted octanol–water partition coefficient (Wildman–Crippen LogP) is 2.80. The zero-order chi connectivity index (χ0) is 18.4. The minimum Gasteiger partial charge on any atom is -0.364 e. The van der Waals surface area contributed by atoms with Gasteiger partial charge in [-0.05, 0) is 18.4 Å². The van der Waals surface area contributed by atoms with Crippen LogP contribution in [-0.4, -0.2) is 60.2 Å². The lowest BCUT2D eigenvalue weighted by Gasteiger charge is -2.36. The Hall–Kier alpha value is -1.86. The van der Waals surface area contributed by atoms with Crippen molar-refractivity contribution in [1.29, 1.82) is 0 Å². The van der Waals surface area contributed by atoms with Crippen LogP contribution in [0.5, 0.6) is 0 Å². The number of guanidine groups is 1. The fraction of sp³-hybridized carbons (Fsp3) is 0.579. The van der Waals surface area contributed by atoms with Crippen molar-refractivity contribution < 1.29 is 4.52 Å². The highest BCUT2D eigenvalue weighted by molar-refractivity contribution is 7.10. The van der Waals surface area contributed by atoms with Crippen molar-refractivity contribution in [2.75, 3.05) is 39.3 Å². The van der Waals surface area contributed by atoms with Crippen LogP contribution in [0.1, 0.15) is 31.3 Å². The normalized spacial score (nSPS) is 16.9. The first-order valence-electron chi connectivity index (χ1n) is 9.27. The van der Waals surface area contributed by atoms with E-state index >= 15 is 0 Å². The Morgan fingerprint density at radius 1 is 1.31 bits per heavy atom. The lowest BCUT2D eigenvalue weighted by molar-refractivity contribution is 0.169. The monoisotopic (exact) mass is 375 g/mol. The molecule has 0 aliphatic carbocycles. The van der Waals surface area contributed by atoms with Gasteiger partial charge in [-0.3, -0.25) is 9.89 Å². The fourth-order valence-electron chi connectivity index (χ4n) is 3.11. The average Bonchev–Trinajstić information content (AvgIpc) is 3.33. The van der Waals surface area contributed by atoms with Crippen LogP contribution in [0.2, 0.25) is 0 Å². The molecule has 1 aliphatic heterocycles. The first kappa shape index (κ1) is 18.9. The molecule has 1 saturated heterocycles. The highest BCUT2D eigenvalue weighted by atomic mass is 32.1. The minimum atomic E-state index is 0.0591. The molecule has 0 amide bonds. The molecule has 1 N–H and O–H groups in total. The Bertz CT molecular complexity index is 673. The molecular weight excluding hydrogens is 346 g/mol. The molecule has 26 heavy (non-hydrogen) atoms. The van der Waals surface area contributed by atoms with Gasteiger partial charge in [0.05, 0.1) is 12.2 Å². The van der Waals surface area contributed by atoms with E-state index in [-0.39, 0.29) is 5.41 Å². The summed E-state index contributed by atoms with van der Waals surface area (Å²) in [5.74, 6) is 1.03. The van der Waals surface area contributed by atoms with Crippen LogP contribution >= 0.6 is 11.3 Å². The van der Waals surface area contributed by atoms with Crippen molar-refractivity contribution in [3.8, 4) is 0 Å². The number of rotatable bonds is 6. The smallest absolute Gasteiger partial charge is 0.194 e. The van der Waals surface area contributed by atoms with Gasteiger partial charge in [0.2, 0.25) is 0 Å². The van der Waals surface area contributed by atoms with E-state index in [9.17, 15) is 0 Å². The van der Waals surface area contributed by atoms with Gasteiger partial charge in [0.15, 0.2) is 5.96 Å². The van der Waals surface area contributed by atoms with Crippen molar-refractivity contribution in [2.24, 2.45) is 4.99 Å². The predicted molar refractivity (Wildman–Crippen MR) is 107 cm³/mol. The molecule has 0 unspecified atom stereocenters. The molecule has 3 rings (SSSR count). The minimum absolute atomic E-state index is 0.0591. The first-order chi connectivity index (χ1) is 12.6. The van der Waals surface area contributed by atoms with E-state index in [0.717, 1.165) is 57.5 Å². The molecule has 6 nitrogen and oxygen atoms in total. The zero-order valence-corrected chi connectivity index (χ0v) is 16.8. The summed E-state index contributed by atoms with van der Waals surface area (Å²) >= 11 is 1.81. The second-order valence-corrected chi connectivity index (χ2v) is 8.23. The summed E-state index contributed by atoms with van der Waals surface area (Å²) in [5, 5.41) is 9.61. The highest BCUT2D eigenvalue weighted by Crippen LogP contribution is 2.27. The van der Waals surface area contributed by atoms with E-state index in [2.05, 4.69) is 58.6 Å². The standard InChI is InChI=1S/C19H29N5OS/c1-4-20-18(21-15-19(2,3)17-6-5-13-26-17)24-10-8-23(9-11-24)14-16-7-12-25-22-16/h5-7,12-13H,4,8-11,14-15H2,1-3H3,(H,20,21). The van der Waals surface area contributed by atoms with Gasteiger partial charge in [0, 0.05) is 55.6 Å². The molecule has 0 atom stereocenters. The Kier molecular flexibility index (Phi) is 6.32. The quantitative estimate of drug-likeness (QED) is 0.621. The molecule has 3 heterocycles. The molecule has 1 fully saturated rings. The maximum absolute atomic E-state index is 4.96. The Morgan fingerprint density at radius 3 is 2.73 bits per heavy atom. The van der Waals surface area contributed by atoms with E-state index in [1.54, 1.807) is 6.26 Å². The van der Waals surface area contributed by atoms with Gasteiger partial charge < -0.3 is 14.7 Å². The molecule has 0 saturated carbocycles. The molecule has 0 aromatic carbocycles. The molecule has 1 aliphatic rings. The lowest BCUT2D eigenvalue weighted by Crippen LogP contribution is -2.52. The van der Waals surface area contributed by atoms with Gasteiger partial charge in [0.25, 0.3) is 0 Å². The SMILES string of the molecule is CCNC(=NCC(C)(C)c1cccs1)N1CCN(Cc2ccon2)CC1. The second kappa shape index (κ2) is 8.68. The summed E-state index contributed by atoms with van der Waals surface area (Å²) in [6.07, 6.45) is 1.64. The second-order valence-electron chi connectivity index (χ2n) is 7.29. The Morgan fingerprint density at radius 2 is 2.12 bits per heavy atom. The summed E-state index contributed by atoms with van der Waals surface area (Å²) in [6, 6.07) is 6.26. The topological polar surface area (TPSA) is 56.9 Å².